The smallest absolute Gasteiger partial charge is 0.221 e. The van der Waals surface area contributed by atoms with E-state index in [-0.39, 0.29) is 5.91 Å². The van der Waals surface area contributed by atoms with Crippen LogP contribution in [0.4, 0.5) is 5.69 Å². The predicted octanol–water partition coefficient (Wildman–Crippen LogP) is 2.41. The number of hydrogen-bond acceptors (Lipinski definition) is 3. The van der Waals surface area contributed by atoms with Crippen molar-refractivity contribution in [2.45, 2.75) is 26.7 Å². The third-order valence-electron chi connectivity index (χ3n) is 2.43. The van der Waals surface area contributed by atoms with Gasteiger partial charge in [-0.15, -0.1) is 0 Å². The van der Waals surface area contributed by atoms with Crippen molar-refractivity contribution in [3.05, 3.63) is 24.3 Å². The minimum atomic E-state index is 0.0817. The number of hydrogen-bond donors (Lipinski definition) is 2. The maximum Gasteiger partial charge on any atom is 0.221 e. The van der Waals surface area contributed by atoms with Crippen LogP contribution in [0.2, 0.25) is 0 Å². The molecule has 0 heterocycles. The second-order valence-corrected chi connectivity index (χ2v) is 3.96. The molecule has 1 amide bonds. The highest BCUT2D eigenvalue weighted by Gasteiger charge is 2.03. The second kappa shape index (κ2) is 8.39. The van der Waals surface area contributed by atoms with Gasteiger partial charge in [0, 0.05) is 19.5 Å². The number of amides is 1. The van der Waals surface area contributed by atoms with Crippen molar-refractivity contribution in [1.29, 1.82) is 0 Å². The van der Waals surface area contributed by atoms with Gasteiger partial charge in [-0.25, -0.2) is 0 Å². The van der Waals surface area contributed by atoms with E-state index in [1.54, 1.807) is 0 Å². The first-order valence-electron chi connectivity index (χ1n) is 6.50. The quantitative estimate of drug-likeness (QED) is 0.745. The molecule has 0 aliphatic rings. The van der Waals surface area contributed by atoms with Gasteiger partial charge in [0.15, 0.2) is 0 Å². The zero-order chi connectivity index (χ0) is 13.2. The molecule has 1 aromatic carbocycles. The van der Waals surface area contributed by atoms with Gasteiger partial charge in [-0.05, 0) is 25.5 Å². The van der Waals surface area contributed by atoms with Gasteiger partial charge in [0.1, 0.15) is 5.75 Å². The van der Waals surface area contributed by atoms with Crippen LogP contribution in [0.25, 0.3) is 0 Å². The summed E-state index contributed by atoms with van der Waals surface area (Å²) in [5.74, 6) is 0.909. The van der Waals surface area contributed by atoms with Crippen LogP contribution >= 0.6 is 0 Å². The Labute approximate surface area is 109 Å². The number of carbonyl (C=O) groups is 1. The fraction of sp³-hybridized carbons (Fsp3) is 0.500. The minimum absolute atomic E-state index is 0.0817. The summed E-state index contributed by atoms with van der Waals surface area (Å²) in [6.45, 7) is 5.98. The first kappa shape index (κ1) is 14.4. The number of benzene rings is 1. The molecule has 0 aliphatic carbocycles. The van der Waals surface area contributed by atoms with Gasteiger partial charge in [0.05, 0.1) is 12.3 Å². The predicted molar refractivity (Wildman–Crippen MR) is 74.0 cm³/mol. The van der Waals surface area contributed by atoms with E-state index >= 15 is 0 Å². The standard InChI is InChI=1S/C14H22N2O2/c1-3-10-16-14(17)9-11-15-12-7-5-6-8-13(12)18-4-2/h5-8,15H,3-4,9-11H2,1-2H3,(H,16,17). The zero-order valence-electron chi connectivity index (χ0n) is 11.2. The Balaban J connectivity index is 2.36. The van der Waals surface area contributed by atoms with Crippen LogP contribution in [-0.4, -0.2) is 25.6 Å². The molecule has 0 radical (unpaired) electrons. The molecule has 0 fully saturated rings. The molecule has 100 valence electrons. The second-order valence-electron chi connectivity index (χ2n) is 3.96. The molecule has 0 spiro atoms. The zero-order valence-corrected chi connectivity index (χ0v) is 11.2. The molecule has 1 rings (SSSR count). The molecule has 0 aromatic heterocycles. The maximum atomic E-state index is 11.4. The van der Waals surface area contributed by atoms with Crippen LogP contribution < -0.4 is 15.4 Å². The highest BCUT2D eigenvalue weighted by atomic mass is 16.5. The van der Waals surface area contributed by atoms with Gasteiger partial charge in [0.2, 0.25) is 5.91 Å². The van der Waals surface area contributed by atoms with Crippen molar-refractivity contribution in [3.8, 4) is 5.75 Å². The SMILES string of the molecule is CCCNC(=O)CCNc1ccccc1OCC. The molecule has 0 saturated heterocycles. The number of para-hydroxylation sites is 2. The summed E-state index contributed by atoms with van der Waals surface area (Å²) in [6, 6.07) is 7.75. The largest absolute Gasteiger partial charge is 0.492 e. The van der Waals surface area contributed by atoms with Crippen LogP contribution in [0, 0.1) is 0 Å². The van der Waals surface area contributed by atoms with E-state index in [0.717, 1.165) is 24.4 Å². The molecule has 0 atom stereocenters. The average molecular weight is 250 g/mol. The number of ether oxygens (including phenoxy) is 1. The summed E-state index contributed by atoms with van der Waals surface area (Å²) in [4.78, 5) is 11.4. The topological polar surface area (TPSA) is 50.4 Å². The van der Waals surface area contributed by atoms with Crippen molar-refractivity contribution in [3.63, 3.8) is 0 Å². The van der Waals surface area contributed by atoms with Gasteiger partial charge in [-0.2, -0.15) is 0 Å². The molecule has 0 aliphatic heterocycles. The van der Waals surface area contributed by atoms with E-state index in [9.17, 15) is 4.79 Å². The summed E-state index contributed by atoms with van der Waals surface area (Å²) >= 11 is 0. The maximum absolute atomic E-state index is 11.4. The fourth-order valence-electron chi connectivity index (χ4n) is 1.56. The summed E-state index contributed by atoms with van der Waals surface area (Å²) in [6.07, 6.45) is 1.44. The monoisotopic (exact) mass is 250 g/mol. The lowest BCUT2D eigenvalue weighted by molar-refractivity contribution is -0.120. The Morgan fingerprint density at radius 1 is 1.22 bits per heavy atom. The highest BCUT2D eigenvalue weighted by Crippen LogP contribution is 2.23. The number of carbonyl (C=O) groups excluding carboxylic acids is 1. The van der Waals surface area contributed by atoms with Crippen molar-refractivity contribution in [2.75, 3.05) is 25.0 Å². The van der Waals surface area contributed by atoms with Gasteiger partial charge in [-0.3, -0.25) is 4.79 Å². The Morgan fingerprint density at radius 3 is 2.72 bits per heavy atom. The number of nitrogens with one attached hydrogen (secondary N) is 2. The van der Waals surface area contributed by atoms with Crippen LogP contribution in [0.15, 0.2) is 24.3 Å². The van der Waals surface area contributed by atoms with Crippen molar-refractivity contribution in [1.82, 2.24) is 5.32 Å². The van der Waals surface area contributed by atoms with E-state index in [2.05, 4.69) is 10.6 Å². The lowest BCUT2D eigenvalue weighted by Gasteiger charge is -2.11. The van der Waals surface area contributed by atoms with E-state index in [1.165, 1.54) is 0 Å². The third-order valence-corrected chi connectivity index (χ3v) is 2.43. The lowest BCUT2D eigenvalue weighted by atomic mass is 10.3. The average Bonchev–Trinajstić information content (AvgIpc) is 2.38. The first-order valence-corrected chi connectivity index (χ1v) is 6.50. The van der Waals surface area contributed by atoms with Crippen molar-refractivity contribution >= 4 is 11.6 Å². The van der Waals surface area contributed by atoms with E-state index in [0.29, 0.717) is 19.6 Å². The minimum Gasteiger partial charge on any atom is -0.492 e. The Bertz CT molecular complexity index is 367. The number of rotatable bonds is 8. The Morgan fingerprint density at radius 2 is 2.00 bits per heavy atom. The summed E-state index contributed by atoms with van der Waals surface area (Å²) < 4.78 is 5.50. The molecule has 4 nitrogen and oxygen atoms in total. The van der Waals surface area contributed by atoms with Gasteiger partial charge in [0.25, 0.3) is 0 Å². The molecule has 18 heavy (non-hydrogen) atoms. The summed E-state index contributed by atoms with van der Waals surface area (Å²) in [7, 11) is 0. The van der Waals surface area contributed by atoms with Crippen molar-refractivity contribution < 1.29 is 9.53 Å². The molecule has 0 bridgehead atoms. The van der Waals surface area contributed by atoms with Crippen LogP contribution in [0.3, 0.4) is 0 Å². The molecule has 4 heteroatoms. The summed E-state index contributed by atoms with van der Waals surface area (Å²) in [5, 5.41) is 6.07. The van der Waals surface area contributed by atoms with Crippen LogP contribution in [0.1, 0.15) is 26.7 Å². The van der Waals surface area contributed by atoms with Crippen LogP contribution in [-0.2, 0) is 4.79 Å². The first-order chi connectivity index (χ1) is 8.77. The molecular formula is C14H22N2O2. The Hall–Kier alpha value is -1.71. The van der Waals surface area contributed by atoms with Gasteiger partial charge < -0.3 is 15.4 Å². The van der Waals surface area contributed by atoms with Gasteiger partial charge >= 0.3 is 0 Å². The van der Waals surface area contributed by atoms with Gasteiger partial charge in [-0.1, -0.05) is 19.1 Å². The van der Waals surface area contributed by atoms with E-state index in [4.69, 9.17) is 4.74 Å². The lowest BCUT2D eigenvalue weighted by Crippen LogP contribution is -2.25. The normalized spacial score (nSPS) is 9.89. The highest BCUT2D eigenvalue weighted by molar-refractivity contribution is 5.76. The number of anilines is 1. The molecule has 0 saturated carbocycles. The molecule has 0 unspecified atom stereocenters. The van der Waals surface area contributed by atoms with Crippen LogP contribution in [0.5, 0.6) is 5.75 Å². The molecular weight excluding hydrogens is 228 g/mol. The molecule has 1 aromatic rings. The van der Waals surface area contributed by atoms with E-state index < -0.39 is 0 Å². The molecule has 2 N–H and O–H groups in total. The Kier molecular flexibility index (Phi) is 6.69. The van der Waals surface area contributed by atoms with E-state index in [1.807, 2.05) is 38.1 Å². The van der Waals surface area contributed by atoms with Crippen molar-refractivity contribution in [2.24, 2.45) is 0 Å². The fourth-order valence-corrected chi connectivity index (χ4v) is 1.56. The summed E-state index contributed by atoms with van der Waals surface area (Å²) in [5.41, 5.74) is 0.933. The third kappa shape index (κ3) is 5.08.